The van der Waals surface area contributed by atoms with E-state index in [-0.39, 0.29) is 5.91 Å². The molecule has 7 heteroatoms. The number of hydrogen-bond acceptors (Lipinski definition) is 5. The summed E-state index contributed by atoms with van der Waals surface area (Å²) < 4.78 is 7.54. The minimum Gasteiger partial charge on any atom is -0.438 e. The Bertz CT molecular complexity index is 1230. The molecule has 0 aliphatic heterocycles. The minimum absolute atomic E-state index is 0.154. The van der Waals surface area contributed by atoms with Crippen LogP contribution >= 0.6 is 0 Å². The molecule has 7 nitrogen and oxygen atoms in total. The van der Waals surface area contributed by atoms with Gasteiger partial charge in [-0.25, -0.2) is 4.68 Å². The predicted molar refractivity (Wildman–Crippen MR) is 119 cm³/mol. The number of amides is 1. The average molecular weight is 413 g/mol. The maximum atomic E-state index is 12.4. The number of carbonyl (C=O) groups excluding carboxylic acids is 1. The predicted octanol–water partition coefficient (Wildman–Crippen LogP) is 4.94. The van der Waals surface area contributed by atoms with Gasteiger partial charge in [0.1, 0.15) is 5.75 Å². The maximum Gasteiger partial charge on any atom is 0.255 e. The number of hydrogen-bond donors (Lipinski definition) is 1. The fourth-order valence-electron chi connectivity index (χ4n) is 3.14. The number of carbonyl (C=O) groups is 1. The number of rotatable bonds is 5. The molecule has 4 aromatic rings. The second kappa shape index (κ2) is 8.39. The molecule has 0 bridgehead atoms. The van der Waals surface area contributed by atoms with Crippen LogP contribution < -0.4 is 10.1 Å². The van der Waals surface area contributed by atoms with Crippen LogP contribution in [0.5, 0.6) is 11.6 Å². The van der Waals surface area contributed by atoms with Crippen molar-refractivity contribution in [1.29, 1.82) is 0 Å². The van der Waals surface area contributed by atoms with E-state index in [9.17, 15) is 4.79 Å². The van der Waals surface area contributed by atoms with Crippen LogP contribution in [0.4, 0.5) is 5.69 Å². The van der Waals surface area contributed by atoms with Gasteiger partial charge in [0.15, 0.2) is 5.82 Å². The number of benzene rings is 2. The van der Waals surface area contributed by atoms with Crippen LogP contribution in [0, 0.1) is 27.7 Å². The first-order valence-electron chi connectivity index (χ1n) is 9.93. The highest BCUT2D eigenvalue weighted by Gasteiger charge is 2.11. The summed E-state index contributed by atoms with van der Waals surface area (Å²) in [6.07, 6.45) is 0. The Kier molecular flexibility index (Phi) is 5.49. The van der Waals surface area contributed by atoms with Crippen LogP contribution in [-0.2, 0) is 0 Å². The Balaban J connectivity index is 1.42. The average Bonchev–Trinajstić information content (AvgIpc) is 3.03. The lowest BCUT2D eigenvalue weighted by molar-refractivity contribution is 0.102. The lowest BCUT2D eigenvalue weighted by Gasteiger charge is -2.08. The molecule has 0 aliphatic rings. The monoisotopic (exact) mass is 413 g/mol. The molecular formula is C24H23N5O2. The van der Waals surface area contributed by atoms with E-state index in [1.165, 1.54) is 0 Å². The van der Waals surface area contributed by atoms with Crippen molar-refractivity contribution in [2.24, 2.45) is 0 Å². The molecule has 0 radical (unpaired) electrons. The van der Waals surface area contributed by atoms with Gasteiger partial charge in [-0.2, -0.15) is 5.10 Å². The van der Waals surface area contributed by atoms with E-state index in [0.717, 1.165) is 22.5 Å². The van der Waals surface area contributed by atoms with E-state index in [1.54, 1.807) is 41.1 Å². The summed E-state index contributed by atoms with van der Waals surface area (Å²) in [5.74, 6) is 1.45. The van der Waals surface area contributed by atoms with Gasteiger partial charge in [-0.3, -0.25) is 4.79 Å². The molecule has 156 valence electrons. The fraction of sp³-hybridized carbons (Fsp3) is 0.167. The summed E-state index contributed by atoms with van der Waals surface area (Å²) >= 11 is 0. The number of aromatic nitrogens is 4. The van der Waals surface area contributed by atoms with Gasteiger partial charge in [0.2, 0.25) is 5.88 Å². The fourth-order valence-corrected chi connectivity index (χ4v) is 3.14. The second-order valence-corrected chi connectivity index (χ2v) is 7.39. The quantitative estimate of drug-likeness (QED) is 0.501. The van der Waals surface area contributed by atoms with Crippen molar-refractivity contribution in [2.75, 3.05) is 5.32 Å². The largest absolute Gasteiger partial charge is 0.438 e. The van der Waals surface area contributed by atoms with E-state index >= 15 is 0 Å². The zero-order valence-corrected chi connectivity index (χ0v) is 17.9. The van der Waals surface area contributed by atoms with Gasteiger partial charge >= 0.3 is 0 Å². The van der Waals surface area contributed by atoms with Crippen molar-refractivity contribution in [2.45, 2.75) is 27.7 Å². The summed E-state index contributed by atoms with van der Waals surface area (Å²) in [6.45, 7) is 7.96. The van der Waals surface area contributed by atoms with Crippen LogP contribution in [-0.4, -0.2) is 25.9 Å². The third-order valence-corrected chi connectivity index (χ3v) is 5.11. The first-order valence-corrected chi connectivity index (χ1v) is 9.93. The Morgan fingerprint density at radius 2 is 1.71 bits per heavy atom. The van der Waals surface area contributed by atoms with Gasteiger partial charge in [0.25, 0.3) is 5.91 Å². The first-order chi connectivity index (χ1) is 14.9. The number of nitrogens with one attached hydrogen (secondary N) is 1. The highest BCUT2D eigenvalue weighted by molar-refractivity contribution is 6.04. The van der Waals surface area contributed by atoms with Crippen LogP contribution in [0.2, 0.25) is 0 Å². The van der Waals surface area contributed by atoms with Crippen molar-refractivity contribution in [3.63, 3.8) is 0 Å². The molecular weight excluding hydrogens is 390 g/mol. The molecule has 0 spiro atoms. The molecule has 0 saturated carbocycles. The molecule has 0 aliphatic carbocycles. The van der Waals surface area contributed by atoms with E-state index in [4.69, 9.17) is 4.74 Å². The molecule has 0 atom stereocenters. The standard InChI is InChI=1S/C24H23N5O2/c1-15-6-5-7-19(14-15)24(30)25-20-8-10-21(11-9-20)31-23-13-12-22(26-27-23)29-18(4)16(2)17(3)28-29/h5-14H,1-4H3,(H,25,30). The summed E-state index contributed by atoms with van der Waals surface area (Å²) in [6, 6.07) is 18.1. The highest BCUT2D eigenvalue weighted by atomic mass is 16.5. The number of ether oxygens (including phenoxy) is 1. The summed E-state index contributed by atoms with van der Waals surface area (Å²) in [5.41, 5.74) is 5.47. The summed E-state index contributed by atoms with van der Waals surface area (Å²) in [7, 11) is 0. The van der Waals surface area contributed by atoms with Crippen LogP contribution in [0.1, 0.15) is 32.9 Å². The third kappa shape index (κ3) is 4.45. The molecule has 31 heavy (non-hydrogen) atoms. The molecule has 1 N–H and O–H groups in total. The molecule has 0 fully saturated rings. The smallest absolute Gasteiger partial charge is 0.255 e. The van der Waals surface area contributed by atoms with E-state index in [0.29, 0.717) is 28.7 Å². The van der Waals surface area contributed by atoms with Gasteiger partial charge < -0.3 is 10.1 Å². The lowest BCUT2D eigenvalue weighted by atomic mass is 10.1. The Hall–Kier alpha value is -4.00. The molecule has 1 amide bonds. The van der Waals surface area contributed by atoms with Crippen molar-refractivity contribution >= 4 is 11.6 Å². The maximum absolute atomic E-state index is 12.4. The van der Waals surface area contributed by atoms with Gasteiger partial charge in [-0.1, -0.05) is 17.7 Å². The summed E-state index contributed by atoms with van der Waals surface area (Å²) in [4.78, 5) is 12.4. The molecule has 2 aromatic carbocycles. The highest BCUT2D eigenvalue weighted by Crippen LogP contribution is 2.22. The number of anilines is 1. The SMILES string of the molecule is Cc1cccc(C(=O)Nc2ccc(Oc3ccc(-n4nc(C)c(C)c4C)nn3)cc2)c1. The molecule has 0 saturated heterocycles. The Morgan fingerprint density at radius 1 is 0.935 bits per heavy atom. The summed E-state index contributed by atoms with van der Waals surface area (Å²) in [5, 5.41) is 15.7. The van der Waals surface area contributed by atoms with Gasteiger partial charge in [0, 0.05) is 23.0 Å². The van der Waals surface area contributed by atoms with Gasteiger partial charge in [-0.15, -0.1) is 10.2 Å². The second-order valence-electron chi connectivity index (χ2n) is 7.39. The normalized spacial score (nSPS) is 10.7. The topological polar surface area (TPSA) is 81.9 Å². The van der Waals surface area contributed by atoms with Gasteiger partial charge in [-0.05, 0) is 75.7 Å². The number of aryl methyl sites for hydroxylation is 2. The van der Waals surface area contributed by atoms with Crippen molar-refractivity contribution in [3.05, 3.63) is 88.7 Å². The Labute approximate surface area is 180 Å². The zero-order valence-electron chi connectivity index (χ0n) is 17.9. The molecule has 0 unspecified atom stereocenters. The first kappa shape index (κ1) is 20.3. The van der Waals surface area contributed by atoms with Crippen LogP contribution in [0.3, 0.4) is 0 Å². The van der Waals surface area contributed by atoms with Crippen molar-refractivity contribution < 1.29 is 9.53 Å². The molecule has 2 aromatic heterocycles. The zero-order chi connectivity index (χ0) is 22.0. The molecule has 2 heterocycles. The van der Waals surface area contributed by atoms with Crippen molar-refractivity contribution in [1.82, 2.24) is 20.0 Å². The van der Waals surface area contributed by atoms with Gasteiger partial charge in [0.05, 0.1) is 5.69 Å². The third-order valence-electron chi connectivity index (χ3n) is 5.11. The van der Waals surface area contributed by atoms with E-state index in [1.807, 2.05) is 52.0 Å². The van der Waals surface area contributed by atoms with Crippen LogP contribution in [0.25, 0.3) is 5.82 Å². The van der Waals surface area contributed by atoms with Crippen molar-refractivity contribution in [3.8, 4) is 17.4 Å². The minimum atomic E-state index is -0.154. The van der Waals surface area contributed by atoms with Crippen LogP contribution in [0.15, 0.2) is 60.7 Å². The molecule has 4 rings (SSSR count). The number of nitrogens with zero attached hydrogens (tertiary/aromatic N) is 4. The lowest BCUT2D eigenvalue weighted by Crippen LogP contribution is -2.11. The van der Waals surface area contributed by atoms with E-state index in [2.05, 4.69) is 20.6 Å². The Morgan fingerprint density at radius 3 is 2.32 bits per heavy atom. The van der Waals surface area contributed by atoms with E-state index < -0.39 is 0 Å².